The summed E-state index contributed by atoms with van der Waals surface area (Å²) in [5.41, 5.74) is 1.99. The number of methoxy groups -OCH3 is 1. The first-order valence-corrected chi connectivity index (χ1v) is 7.41. The molecule has 0 spiro atoms. The summed E-state index contributed by atoms with van der Waals surface area (Å²) in [4.78, 5) is 0. The van der Waals surface area contributed by atoms with Gasteiger partial charge in [0.25, 0.3) is 0 Å². The number of aliphatic hydroxyl groups is 1. The molecular formula is C16H16Cl2FNO2. The van der Waals surface area contributed by atoms with Crippen molar-refractivity contribution >= 4 is 23.2 Å². The smallest absolute Gasteiger partial charge is 0.142 e. The van der Waals surface area contributed by atoms with Gasteiger partial charge in [0.1, 0.15) is 11.6 Å². The molecule has 0 bridgehead atoms. The van der Waals surface area contributed by atoms with Crippen LogP contribution in [-0.4, -0.2) is 12.2 Å². The van der Waals surface area contributed by atoms with Crippen molar-refractivity contribution in [3.8, 4) is 5.75 Å². The summed E-state index contributed by atoms with van der Waals surface area (Å²) in [6.45, 7) is 0.688. The summed E-state index contributed by atoms with van der Waals surface area (Å²) in [5, 5.41) is 13.3. The van der Waals surface area contributed by atoms with Crippen LogP contribution in [0.25, 0.3) is 0 Å². The first-order valence-electron chi connectivity index (χ1n) is 6.66. The molecular weight excluding hydrogens is 328 g/mol. The van der Waals surface area contributed by atoms with Crippen LogP contribution in [0.1, 0.15) is 16.7 Å². The molecule has 0 atom stereocenters. The average molecular weight is 344 g/mol. The quantitative estimate of drug-likeness (QED) is 0.835. The Kier molecular flexibility index (Phi) is 6.03. The highest BCUT2D eigenvalue weighted by molar-refractivity contribution is 6.35. The third-order valence-corrected chi connectivity index (χ3v) is 3.71. The minimum atomic E-state index is -0.408. The maximum Gasteiger partial charge on any atom is 0.142 e. The van der Waals surface area contributed by atoms with E-state index in [4.69, 9.17) is 33.0 Å². The van der Waals surface area contributed by atoms with Crippen LogP contribution in [0.2, 0.25) is 10.0 Å². The summed E-state index contributed by atoms with van der Waals surface area (Å²) >= 11 is 12.1. The molecule has 3 nitrogen and oxygen atoms in total. The van der Waals surface area contributed by atoms with Crippen molar-refractivity contribution in [2.75, 3.05) is 7.11 Å². The molecule has 6 heteroatoms. The van der Waals surface area contributed by atoms with Gasteiger partial charge >= 0.3 is 0 Å². The first kappa shape index (κ1) is 17.0. The first-order chi connectivity index (χ1) is 10.5. The van der Waals surface area contributed by atoms with Crippen molar-refractivity contribution in [1.82, 2.24) is 5.32 Å². The Morgan fingerprint density at radius 3 is 2.59 bits per heavy atom. The van der Waals surface area contributed by atoms with Gasteiger partial charge in [-0.25, -0.2) is 4.39 Å². The van der Waals surface area contributed by atoms with Crippen LogP contribution in [-0.2, 0) is 19.7 Å². The van der Waals surface area contributed by atoms with Crippen LogP contribution in [0.5, 0.6) is 5.75 Å². The van der Waals surface area contributed by atoms with Gasteiger partial charge in [0.15, 0.2) is 0 Å². The Labute approximate surface area is 138 Å². The minimum absolute atomic E-state index is 0.280. The summed E-state index contributed by atoms with van der Waals surface area (Å²) in [7, 11) is 1.55. The van der Waals surface area contributed by atoms with E-state index in [1.54, 1.807) is 31.4 Å². The normalized spacial score (nSPS) is 10.8. The Hall–Kier alpha value is -1.33. The van der Waals surface area contributed by atoms with Crippen molar-refractivity contribution in [2.45, 2.75) is 19.7 Å². The third-order valence-electron chi connectivity index (χ3n) is 3.21. The highest BCUT2D eigenvalue weighted by Gasteiger charge is 2.10. The zero-order valence-electron chi connectivity index (χ0n) is 12.0. The molecule has 0 amide bonds. The minimum Gasteiger partial charge on any atom is -0.495 e. The van der Waals surface area contributed by atoms with E-state index >= 15 is 0 Å². The van der Waals surface area contributed by atoms with Crippen LogP contribution in [0.4, 0.5) is 4.39 Å². The molecule has 118 valence electrons. The number of nitrogens with one attached hydrogen (secondary N) is 1. The van der Waals surface area contributed by atoms with Crippen LogP contribution < -0.4 is 10.1 Å². The van der Waals surface area contributed by atoms with Crippen LogP contribution in [0.15, 0.2) is 30.3 Å². The van der Waals surface area contributed by atoms with E-state index in [9.17, 15) is 4.39 Å². The van der Waals surface area contributed by atoms with Crippen molar-refractivity contribution in [3.05, 3.63) is 62.9 Å². The van der Waals surface area contributed by atoms with Gasteiger partial charge in [0.05, 0.1) is 18.7 Å². The highest BCUT2D eigenvalue weighted by Crippen LogP contribution is 2.32. The van der Waals surface area contributed by atoms with E-state index in [1.807, 2.05) is 0 Å². The standard InChI is InChI=1S/C16H16Cl2FNO2/c1-22-16-11(5-13(17)6-14(16)18)8-20-7-10-2-3-15(19)12(4-10)9-21/h2-6,20-21H,7-9H2,1H3. The van der Waals surface area contributed by atoms with Crippen molar-refractivity contribution in [3.63, 3.8) is 0 Å². The number of halogens is 3. The van der Waals surface area contributed by atoms with E-state index in [1.165, 1.54) is 6.07 Å². The lowest BCUT2D eigenvalue weighted by Gasteiger charge is -2.12. The largest absolute Gasteiger partial charge is 0.495 e. The molecule has 0 aliphatic rings. The molecule has 22 heavy (non-hydrogen) atoms. The van der Waals surface area contributed by atoms with Crippen LogP contribution >= 0.6 is 23.2 Å². The number of benzene rings is 2. The monoisotopic (exact) mass is 343 g/mol. The van der Waals surface area contributed by atoms with E-state index < -0.39 is 5.82 Å². The topological polar surface area (TPSA) is 41.5 Å². The predicted octanol–water partition coefficient (Wildman–Crippen LogP) is 3.92. The lowest BCUT2D eigenvalue weighted by atomic mass is 10.1. The van der Waals surface area contributed by atoms with Crippen molar-refractivity contribution in [2.24, 2.45) is 0 Å². The van der Waals surface area contributed by atoms with Gasteiger partial charge in [-0.15, -0.1) is 0 Å². The molecule has 0 saturated heterocycles. The number of hydrogen-bond acceptors (Lipinski definition) is 3. The van der Waals surface area contributed by atoms with Crippen molar-refractivity contribution < 1.29 is 14.2 Å². The maximum absolute atomic E-state index is 13.3. The fourth-order valence-electron chi connectivity index (χ4n) is 2.17. The molecule has 0 unspecified atom stereocenters. The van der Waals surface area contributed by atoms with Gasteiger partial charge in [-0.2, -0.15) is 0 Å². The van der Waals surface area contributed by atoms with Crippen molar-refractivity contribution in [1.29, 1.82) is 0 Å². The molecule has 0 fully saturated rings. The number of aliphatic hydroxyl groups excluding tert-OH is 1. The number of rotatable bonds is 6. The SMILES string of the molecule is COc1c(Cl)cc(Cl)cc1CNCc1ccc(F)c(CO)c1. The second-order valence-corrected chi connectivity index (χ2v) is 5.61. The van der Waals surface area contributed by atoms with E-state index in [-0.39, 0.29) is 12.2 Å². The maximum atomic E-state index is 13.3. The Bertz CT molecular complexity index is 665. The summed E-state index contributed by atoms with van der Waals surface area (Å²) in [6, 6.07) is 8.05. The van der Waals surface area contributed by atoms with Gasteiger partial charge < -0.3 is 15.2 Å². The fraction of sp³-hybridized carbons (Fsp3) is 0.250. The van der Waals surface area contributed by atoms with Gasteiger partial charge in [0.2, 0.25) is 0 Å². The Morgan fingerprint density at radius 1 is 1.14 bits per heavy atom. The Balaban J connectivity index is 2.05. The summed E-state index contributed by atoms with van der Waals surface area (Å²) in [5.74, 6) is 0.170. The molecule has 0 aliphatic heterocycles. The Morgan fingerprint density at radius 2 is 1.91 bits per heavy atom. The van der Waals surface area contributed by atoms with Gasteiger partial charge in [-0.1, -0.05) is 29.3 Å². The zero-order valence-corrected chi connectivity index (χ0v) is 13.5. The second kappa shape index (κ2) is 7.79. The molecule has 2 aromatic rings. The average Bonchev–Trinajstić information content (AvgIpc) is 2.48. The van der Waals surface area contributed by atoms with Gasteiger partial charge in [-0.05, 0) is 29.8 Å². The summed E-state index contributed by atoms with van der Waals surface area (Å²) in [6.07, 6.45) is 0. The molecule has 2 N–H and O–H groups in total. The van der Waals surface area contributed by atoms with Crippen LogP contribution in [0, 0.1) is 5.82 Å². The van der Waals surface area contributed by atoms with E-state index in [0.717, 1.165) is 11.1 Å². The van der Waals surface area contributed by atoms with Crippen LogP contribution in [0.3, 0.4) is 0 Å². The molecule has 0 saturated carbocycles. The number of hydrogen-bond donors (Lipinski definition) is 2. The molecule has 0 radical (unpaired) electrons. The predicted molar refractivity (Wildman–Crippen MR) is 85.9 cm³/mol. The molecule has 0 aromatic heterocycles. The second-order valence-electron chi connectivity index (χ2n) is 4.77. The lowest BCUT2D eigenvalue weighted by molar-refractivity contribution is 0.275. The summed E-state index contributed by atoms with van der Waals surface area (Å²) < 4.78 is 18.6. The van der Waals surface area contributed by atoms with Gasteiger partial charge in [-0.3, -0.25) is 0 Å². The number of ether oxygens (including phenoxy) is 1. The third kappa shape index (κ3) is 4.11. The van der Waals surface area contributed by atoms with E-state index in [0.29, 0.717) is 28.9 Å². The lowest BCUT2D eigenvalue weighted by Crippen LogP contribution is -2.14. The highest BCUT2D eigenvalue weighted by atomic mass is 35.5. The molecule has 0 aliphatic carbocycles. The van der Waals surface area contributed by atoms with Gasteiger partial charge in [0, 0.05) is 29.2 Å². The van der Waals surface area contributed by atoms with E-state index in [2.05, 4.69) is 5.32 Å². The molecule has 2 aromatic carbocycles. The molecule has 2 rings (SSSR count). The fourth-order valence-corrected chi connectivity index (χ4v) is 2.79. The molecule has 0 heterocycles. The zero-order chi connectivity index (χ0) is 16.1.